The summed E-state index contributed by atoms with van der Waals surface area (Å²) in [6.07, 6.45) is 7.37. The third-order valence-corrected chi connectivity index (χ3v) is 12.7. The van der Waals surface area contributed by atoms with Crippen molar-refractivity contribution in [1.82, 2.24) is 4.98 Å². The number of rotatable bonds is 6. The summed E-state index contributed by atoms with van der Waals surface area (Å²) in [5.41, 5.74) is 4.35. The number of H-pyrrole nitrogens is 1. The van der Waals surface area contributed by atoms with Crippen LogP contribution in [-0.4, -0.2) is 63.0 Å². The van der Waals surface area contributed by atoms with Gasteiger partial charge in [-0.05, 0) is 109 Å². The van der Waals surface area contributed by atoms with E-state index in [1.54, 1.807) is 0 Å². The molecule has 6 nitrogen and oxygen atoms in total. The number of aliphatic hydroxyl groups is 2. The summed E-state index contributed by atoms with van der Waals surface area (Å²) >= 11 is 0. The highest BCUT2D eigenvalue weighted by molar-refractivity contribution is 5.87. The lowest BCUT2D eigenvalue weighted by Crippen LogP contribution is -2.76. The molecule has 2 unspecified atom stereocenters. The van der Waals surface area contributed by atoms with E-state index in [9.17, 15) is 10.2 Å². The van der Waals surface area contributed by atoms with Crippen LogP contribution in [0.25, 0.3) is 10.9 Å². The van der Waals surface area contributed by atoms with E-state index >= 15 is 0 Å². The molecule has 5 aliphatic rings. The highest BCUT2D eigenvalue weighted by Crippen LogP contribution is 2.75. The van der Waals surface area contributed by atoms with E-state index in [1.165, 1.54) is 38.9 Å². The zero-order valence-corrected chi connectivity index (χ0v) is 27.3. The number of ether oxygens (including phenoxy) is 3. The average Bonchev–Trinajstić information content (AvgIpc) is 3.52. The summed E-state index contributed by atoms with van der Waals surface area (Å²) in [7, 11) is 0. The third kappa shape index (κ3) is 3.83. The molecule has 1 spiro atoms. The standard InChI is InChI=1S/C37H51NO5/c1-21(2)9-10-23-11-12-27-25(19-23)26-20-24-13-17-36(40)34(7,35(24,8)30(26)38-27)16-14-28-37(36)32(43-37)29(39)31(42-28)33(5,6)41-18-15-22(3)4/h9,11-12,15,19,24,28-29,31-32,38-40H,10,13-14,16-18,20H2,1-8H3/t24-,28-,29+,31-,32?,34+,35+,36-,37?/m0/s1. The van der Waals surface area contributed by atoms with Gasteiger partial charge in [0.15, 0.2) is 5.60 Å². The quantitative estimate of drug-likeness (QED) is 0.266. The minimum absolute atomic E-state index is 0.251. The Morgan fingerprint density at radius 2 is 1.84 bits per heavy atom. The molecule has 7 rings (SSSR count). The van der Waals surface area contributed by atoms with E-state index in [-0.39, 0.29) is 11.5 Å². The minimum Gasteiger partial charge on any atom is -0.387 e. The molecule has 1 aromatic heterocycles. The molecular weight excluding hydrogens is 538 g/mol. The van der Waals surface area contributed by atoms with E-state index in [1.807, 2.05) is 19.9 Å². The fourth-order valence-electron chi connectivity index (χ4n) is 10.0. The van der Waals surface area contributed by atoms with Crippen LogP contribution in [0.3, 0.4) is 0 Å². The van der Waals surface area contributed by atoms with Gasteiger partial charge >= 0.3 is 0 Å². The molecule has 234 valence electrons. The number of benzene rings is 1. The first-order valence-electron chi connectivity index (χ1n) is 16.5. The van der Waals surface area contributed by atoms with Crippen molar-refractivity contribution < 1.29 is 24.4 Å². The van der Waals surface area contributed by atoms with E-state index in [2.05, 4.69) is 70.8 Å². The van der Waals surface area contributed by atoms with Crippen molar-refractivity contribution in [2.75, 3.05) is 6.61 Å². The van der Waals surface area contributed by atoms with Crippen molar-refractivity contribution in [2.45, 2.75) is 141 Å². The predicted molar refractivity (Wildman–Crippen MR) is 169 cm³/mol. The molecule has 43 heavy (non-hydrogen) atoms. The smallest absolute Gasteiger partial charge is 0.152 e. The van der Waals surface area contributed by atoms with E-state index < -0.39 is 40.5 Å². The summed E-state index contributed by atoms with van der Waals surface area (Å²) in [6, 6.07) is 6.85. The zero-order valence-electron chi connectivity index (χ0n) is 27.3. The van der Waals surface area contributed by atoms with Gasteiger partial charge in [0.25, 0.3) is 0 Å². The monoisotopic (exact) mass is 589 g/mol. The first-order valence-corrected chi connectivity index (χ1v) is 16.5. The van der Waals surface area contributed by atoms with Crippen LogP contribution in [0.5, 0.6) is 0 Å². The van der Waals surface area contributed by atoms with Gasteiger partial charge in [0.05, 0.1) is 18.3 Å². The van der Waals surface area contributed by atoms with Gasteiger partial charge in [-0.1, -0.05) is 43.2 Å². The molecule has 2 aliphatic heterocycles. The SMILES string of the molecule is CC(C)=CCOC(C)(C)[C@H]1O[C@H]2CC[C@]3(C)[C@@]4(C)c5[nH]c6ccc(CC=C(C)C)cc6c5C[C@@H]4CC[C@@]3(O)C23OC3[C@@H]1O. The lowest BCUT2D eigenvalue weighted by molar-refractivity contribution is -0.283. The lowest BCUT2D eigenvalue weighted by Gasteiger charge is -2.66. The molecule has 0 radical (unpaired) electrons. The van der Waals surface area contributed by atoms with Crippen LogP contribution in [0, 0.1) is 11.3 Å². The van der Waals surface area contributed by atoms with Crippen LogP contribution in [0.2, 0.25) is 0 Å². The Kier molecular flexibility index (Phi) is 6.59. The molecule has 0 bridgehead atoms. The third-order valence-electron chi connectivity index (χ3n) is 12.7. The van der Waals surface area contributed by atoms with E-state index in [0.717, 1.165) is 32.1 Å². The number of hydrogen-bond donors (Lipinski definition) is 3. The van der Waals surface area contributed by atoms with Crippen molar-refractivity contribution >= 4 is 10.9 Å². The molecule has 3 heterocycles. The topological polar surface area (TPSA) is 87.2 Å². The molecule has 3 aliphatic carbocycles. The Balaban J connectivity index is 1.23. The number of hydrogen-bond acceptors (Lipinski definition) is 5. The molecule has 9 atom stereocenters. The summed E-state index contributed by atoms with van der Waals surface area (Å²) < 4.78 is 19.6. The second kappa shape index (κ2) is 9.53. The van der Waals surface area contributed by atoms with Gasteiger partial charge in [0, 0.05) is 27.4 Å². The molecule has 1 aromatic carbocycles. The number of fused-ring (bicyclic) bond motifs is 7. The Morgan fingerprint density at radius 1 is 1.09 bits per heavy atom. The lowest BCUT2D eigenvalue weighted by atomic mass is 9.40. The molecule has 2 aromatic rings. The average molecular weight is 590 g/mol. The number of epoxide rings is 1. The maximum absolute atomic E-state index is 13.1. The van der Waals surface area contributed by atoms with E-state index in [0.29, 0.717) is 18.9 Å². The fraction of sp³-hybridized carbons (Fsp3) is 0.676. The van der Waals surface area contributed by atoms with Crippen LogP contribution >= 0.6 is 0 Å². The van der Waals surface area contributed by atoms with Crippen molar-refractivity contribution in [2.24, 2.45) is 11.3 Å². The van der Waals surface area contributed by atoms with Crippen molar-refractivity contribution in [3.8, 4) is 0 Å². The fourth-order valence-corrected chi connectivity index (χ4v) is 10.0. The molecule has 2 saturated heterocycles. The van der Waals surface area contributed by atoms with Gasteiger partial charge in [-0.15, -0.1) is 0 Å². The minimum atomic E-state index is -1.12. The zero-order chi connectivity index (χ0) is 30.7. The second-order valence-electron chi connectivity index (χ2n) is 15.8. The van der Waals surface area contributed by atoms with Crippen LogP contribution in [0.15, 0.2) is 41.5 Å². The summed E-state index contributed by atoms with van der Waals surface area (Å²) in [4.78, 5) is 3.88. The van der Waals surface area contributed by atoms with Gasteiger partial charge in [-0.25, -0.2) is 0 Å². The molecule has 0 amide bonds. The Morgan fingerprint density at radius 3 is 2.56 bits per heavy atom. The maximum atomic E-state index is 13.1. The normalized spacial score (nSPS) is 41.0. The van der Waals surface area contributed by atoms with Crippen molar-refractivity contribution in [3.63, 3.8) is 0 Å². The second-order valence-corrected chi connectivity index (χ2v) is 15.8. The first-order chi connectivity index (χ1) is 20.2. The van der Waals surface area contributed by atoms with Gasteiger partial charge in [-0.3, -0.25) is 0 Å². The summed E-state index contributed by atoms with van der Waals surface area (Å²) in [5.74, 6) is 0.444. The maximum Gasteiger partial charge on any atom is 0.152 e. The Labute approximate surface area is 256 Å². The van der Waals surface area contributed by atoms with E-state index in [4.69, 9.17) is 14.2 Å². The highest BCUT2D eigenvalue weighted by atomic mass is 16.7. The number of allylic oxidation sites excluding steroid dienone is 3. The predicted octanol–water partition coefficient (Wildman–Crippen LogP) is 6.46. The van der Waals surface area contributed by atoms with Gasteiger partial charge in [0.1, 0.15) is 23.9 Å². The molecular formula is C37H51NO5. The molecule has 6 heteroatoms. The molecule has 3 N–H and O–H groups in total. The summed E-state index contributed by atoms with van der Waals surface area (Å²) in [5, 5.41) is 26.1. The van der Waals surface area contributed by atoms with Gasteiger partial charge in [0.2, 0.25) is 0 Å². The highest BCUT2D eigenvalue weighted by Gasteiger charge is 2.86. The van der Waals surface area contributed by atoms with Crippen molar-refractivity contribution in [1.29, 1.82) is 0 Å². The summed E-state index contributed by atoms with van der Waals surface area (Å²) in [6.45, 7) is 17.5. The number of aliphatic hydroxyl groups excluding tert-OH is 1. The Bertz CT molecular complexity index is 1510. The van der Waals surface area contributed by atoms with Crippen LogP contribution in [0.1, 0.15) is 97.9 Å². The van der Waals surface area contributed by atoms with Crippen LogP contribution in [0.4, 0.5) is 0 Å². The largest absolute Gasteiger partial charge is 0.387 e. The number of nitrogens with one attached hydrogen (secondary N) is 1. The Hall–Kier alpha value is -1.96. The molecule has 4 fully saturated rings. The first kappa shape index (κ1) is 29.7. The van der Waals surface area contributed by atoms with Gasteiger partial charge < -0.3 is 29.4 Å². The van der Waals surface area contributed by atoms with Crippen LogP contribution < -0.4 is 0 Å². The van der Waals surface area contributed by atoms with Gasteiger partial charge in [-0.2, -0.15) is 0 Å². The number of aromatic nitrogens is 1. The van der Waals surface area contributed by atoms with Crippen LogP contribution in [-0.2, 0) is 32.5 Å². The van der Waals surface area contributed by atoms with Crippen molar-refractivity contribution in [3.05, 3.63) is 58.3 Å². The molecule has 2 saturated carbocycles. The number of aromatic amines is 1.